The number of hydrogen-bond donors (Lipinski definition) is 1. The molecule has 2 aromatic rings. The normalized spacial score (nSPS) is 17.4. The first kappa shape index (κ1) is 19.1. The van der Waals surface area contributed by atoms with Crippen LogP contribution in [-0.2, 0) is 26.8 Å². The first-order valence-corrected chi connectivity index (χ1v) is 10.5. The third kappa shape index (κ3) is 4.19. The fraction of sp³-hybridized carbons (Fsp3) is 0.300. The van der Waals surface area contributed by atoms with E-state index >= 15 is 0 Å². The maximum atomic E-state index is 12.7. The van der Waals surface area contributed by atoms with Gasteiger partial charge in [-0.05, 0) is 37.1 Å². The van der Waals surface area contributed by atoms with Crippen molar-refractivity contribution in [3.8, 4) is 0 Å². The SMILES string of the molecule is CC(C)S(=O)(=O)Cc1cccc(N2C(=O)NC(Cc3ccccc3)C2=O)c1. The third-order valence-electron chi connectivity index (χ3n) is 4.56. The van der Waals surface area contributed by atoms with Gasteiger partial charge in [0.2, 0.25) is 0 Å². The zero-order valence-electron chi connectivity index (χ0n) is 15.3. The molecule has 1 aliphatic rings. The summed E-state index contributed by atoms with van der Waals surface area (Å²) in [5, 5.41) is 2.21. The van der Waals surface area contributed by atoms with E-state index in [1.165, 1.54) is 0 Å². The van der Waals surface area contributed by atoms with E-state index in [4.69, 9.17) is 0 Å². The number of rotatable bonds is 6. The molecule has 0 spiro atoms. The van der Waals surface area contributed by atoms with Gasteiger partial charge in [0, 0.05) is 6.42 Å². The Labute approximate surface area is 159 Å². The Balaban J connectivity index is 1.81. The van der Waals surface area contributed by atoms with E-state index in [9.17, 15) is 18.0 Å². The predicted octanol–water partition coefficient (Wildman–Crippen LogP) is 2.68. The lowest BCUT2D eigenvalue weighted by Gasteiger charge is -2.15. The molecule has 0 aromatic heterocycles. The summed E-state index contributed by atoms with van der Waals surface area (Å²) in [6, 6.07) is 14.9. The standard InChI is InChI=1S/C20H22N2O4S/c1-14(2)27(25,26)13-16-9-6-10-17(11-16)22-19(23)18(21-20(22)24)12-15-7-4-3-5-8-15/h3-11,14,18H,12-13H2,1-2H3,(H,21,24). The smallest absolute Gasteiger partial charge is 0.325 e. The van der Waals surface area contributed by atoms with Crippen LogP contribution >= 0.6 is 0 Å². The first-order valence-electron chi connectivity index (χ1n) is 8.77. The summed E-state index contributed by atoms with van der Waals surface area (Å²) < 4.78 is 24.3. The number of nitrogens with zero attached hydrogens (tertiary/aromatic N) is 1. The second kappa shape index (κ2) is 7.52. The van der Waals surface area contributed by atoms with E-state index in [0.717, 1.165) is 10.5 Å². The molecule has 0 saturated carbocycles. The van der Waals surface area contributed by atoms with Crippen LogP contribution in [0.5, 0.6) is 0 Å². The van der Waals surface area contributed by atoms with Crippen LogP contribution < -0.4 is 10.2 Å². The second-order valence-electron chi connectivity index (χ2n) is 6.89. The summed E-state index contributed by atoms with van der Waals surface area (Å²) in [5.41, 5.74) is 1.88. The van der Waals surface area contributed by atoms with Gasteiger partial charge >= 0.3 is 6.03 Å². The Bertz CT molecular complexity index is 955. The molecule has 1 unspecified atom stereocenters. The zero-order valence-corrected chi connectivity index (χ0v) is 16.1. The Hall–Kier alpha value is -2.67. The molecule has 2 aromatic carbocycles. The number of benzene rings is 2. The van der Waals surface area contributed by atoms with Gasteiger partial charge in [-0.2, -0.15) is 0 Å². The van der Waals surface area contributed by atoms with Gasteiger partial charge in [-0.1, -0.05) is 42.5 Å². The second-order valence-corrected chi connectivity index (χ2v) is 9.45. The average molecular weight is 386 g/mol. The van der Waals surface area contributed by atoms with Crippen molar-refractivity contribution in [3.05, 3.63) is 65.7 Å². The Kier molecular flexibility index (Phi) is 5.32. The highest BCUT2D eigenvalue weighted by Gasteiger charge is 2.39. The van der Waals surface area contributed by atoms with Crippen LogP contribution in [0.2, 0.25) is 0 Å². The van der Waals surface area contributed by atoms with Crippen molar-refractivity contribution in [2.75, 3.05) is 4.90 Å². The number of hydrogen-bond acceptors (Lipinski definition) is 4. The van der Waals surface area contributed by atoms with Crippen molar-refractivity contribution in [2.45, 2.75) is 37.3 Å². The average Bonchev–Trinajstić information content (AvgIpc) is 2.89. The molecule has 3 amide bonds. The molecular formula is C20H22N2O4S. The number of nitrogens with one attached hydrogen (secondary N) is 1. The minimum Gasteiger partial charge on any atom is -0.325 e. The topological polar surface area (TPSA) is 83.6 Å². The number of imide groups is 1. The summed E-state index contributed by atoms with van der Waals surface area (Å²) >= 11 is 0. The summed E-state index contributed by atoms with van der Waals surface area (Å²) in [6.07, 6.45) is 0.406. The summed E-state index contributed by atoms with van der Waals surface area (Å²) in [4.78, 5) is 26.2. The minimum atomic E-state index is -3.27. The number of urea groups is 1. The van der Waals surface area contributed by atoms with Crippen molar-refractivity contribution in [1.29, 1.82) is 0 Å². The quantitative estimate of drug-likeness (QED) is 0.774. The minimum absolute atomic E-state index is 0.129. The van der Waals surface area contributed by atoms with Crippen LogP contribution in [0, 0.1) is 0 Å². The van der Waals surface area contributed by atoms with Gasteiger partial charge in [-0.3, -0.25) is 4.79 Å². The third-order valence-corrected chi connectivity index (χ3v) is 6.73. The van der Waals surface area contributed by atoms with Crippen LogP contribution in [0.25, 0.3) is 0 Å². The number of amides is 3. The fourth-order valence-electron chi connectivity index (χ4n) is 2.95. The molecule has 142 valence electrons. The molecule has 7 heteroatoms. The molecule has 0 aliphatic carbocycles. The largest absolute Gasteiger partial charge is 0.329 e. The van der Waals surface area contributed by atoms with Gasteiger partial charge in [0.15, 0.2) is 9.84 Å². The van der Waals surface area contributed by atoms with Crippen LogP contribution in [0.1, 0.15) is 25.0 Å². The van der Waals surface area contributed by atoms with E-state index in [2.05, 4.69) is 5.32 Å². The van der Waals surface area contributed by atoms with Gasteiger partial charge in [0.05, 0.1) is 16.7 Å². The van der Waals surface area contributed by atoms with Crippen molar-refractivity contribution >= 4 is 27.5 Å². The molecule has 1 heterocycles. The van der Waals surface area contributed by atoms with Gasteiger partial charge in [0.25, 0.3) is 5.91 Å². The van der Waals surface area contributed by atoms with Crippen molar-refractivity contribution in [1.82, 2.24) is 5.32 Å². The lowest BCUT2D eigenvalue weighted by atomic mass is 10.1. The Morgan fingerprint density at radius 2 is 1.67 bits per heavy atom. The zero-order chi connectivity index (χ0) is 19.6. The molecule has 3 rings (SSSR count). The maximum absolute atomic E-state index is 12.7. The van der Waals surface area contributed by atoms with Gasteiger partial charge in [-0.25, -0.2) is 18.1 Å². The van der Waals surface area contributed by atoms with Crippen molar-refractivity contribution in [3.63, 3.8) is 0 Å². The van der Waals surface area contributed by atoms with E-state index < -0.39 is 27.2 Å². The summed E-state index contributed by atoms with van der Waals surface area (Å²) in [7, 11) is -3.27. The molecule has 1 saturated heterocycles. The van der Waals surface area contributed by atoms with Crippen LogP contribution in [0.3, 0.4) is 0 Å². The number of anilines is 1. The van der Waals surface area contributed by atoms with Gasteiger partial charge in [0.1, 0.15) is 6.04 Å². The molecule has 0 radical (unpaired) electrons. The fourth-order valence-corrected chi connectivity index (χ4v) is 3.93. The molecule has 1 N–H and O–H groups in total. The van der Waals surface area contributed by atoms with E-state index in [0.29, 0.717) is 17.7 Å². The number of carbonyl (C=O) groups excluding carboxylic acids is 2. The number of carbonyl (C=O) groups is 2. The molecule has 1 atom stereocenters. The predicted molar refractivity (Wildman–Crippen MR) is 104 cm³/mol. The molecule has 27 heavy (non-hydrogen) atoms. The van der Waals surface area contributed by atoms with Crippen molar-refractivity contribution < 1.29 is 18.0 Å². The van der Waals surface area contributed by atoms with E-state index in [-0.39, 0.29) is 11.7 Å². The lowest BCUT2D eigenvalue weighted by molar-refractivity contribution is -0.118. The number of sulfone groups is 1. The Morgan fingerprint density at radius 3 is 2.33 bits per heavy atom. The monoisotopic (exact) mass is 386 g/mol. The first-order chi connectivity index (χ1) is 12.8. The molecule has 6 nitrogen and oxygen atoms in total. The molecule has 1 fully saturated rings. The maximum Gasteiger partial charge on any atom is 0.329 e. The summed E-state index contributed by atoms with van der Waals surface area (Å²) in [5.74, 6) is -0.469. The Morgan fingerprint density at radius 1 is 1.00 bits per heavy atom. The molecule has 0 bridgehead atoms. The summed E-state index contributed by atoms with van der Waals surface area (Å²) in [6.45, 7) is 3.26. The highest BCUT2D eigenvalue weighted by Crippen LogP contribution is 2.23. The lowest BCUT2D eigenvalue weighted by Crippen LogP contribution is -2.32. The van der Waals surface area contributed by atoms with Gasteiger partial charge < -0.3 is 5.32 Å². The van der Waals surface area contributed by atoms with Crippen LogP contribution in [0.15, 0.2) is 54.6 Å². The highest BCUT2D eigenvalue weighted by molar-refractivity contribution is 7.91. The van der Waals surface area contributed by atoms with E-state index in [1.54, 1.807) is 38.1 Å². The molecular weight excluding hydrogens is 364 g/mol. The van der Waals surface area contributed by atoms with Crippen LogP contribution in [-0.4, -0.2) is 31.6 Å². The van der Waals surface area contributed by atoms with Crippen LogP contribution in [0.4, 0.5) is 10.5 Å². The van der Waals surface area contributed by atoms with Gasteiger partial charge in [-0.15, -0.1) is 0 Å². The highest BCUT2D eigenvalue weighted by atomic mass is 32.2. The van der Waals surface area contributed by atoms with E-state index in [1.807, 2.05) is 30.3 Å². The van der Waals surface area contributed by atoms with Crippen molar-refractivity contribution in [2.24, 2.45) is 0 Å². The molecule has 1 aliphatic heterocycles.